The van der Waals surface area contributed by atoms with Crippen LogP contribution in [0.25, 0.3) is 11.6 Å². The van der Waals surface area contributed by atoms with Crippen molar-refractivity contribution in [1.82, 2.24) is 0 Å². The van der Waals surface area contributed by atoms with Crippen LogP contribution in [0, 0.1) is 6.92 Å². The first-order valence-electron chi connectivity index (χ1n) is 5.98. The highest BCUT2D eigenvalue weighted by molar-refractivity contribution is 6.22. The van der Waals surface area contributed by atoms with Crippen molar-refractivity contribution in [2.24, 2.45) is 0 Å². The molecule has 3 heteroatoms. The highest BCUT2D eigenvalue weighted by Gasteiger charge is 2.20. The molecule has 3 rings (SSSR count). The number of carbonyl (C=O) groups is 1. The summed E-state index contributed by atoms with van der Waals surface area (Å²) in [7, 11) is 0. The van der Waals surface area contributed by atoms with E-state index in [9.17, 15) is 9.90 Å². The van der Waals surface area contributed by atoms with Crippen LogP contribution in [-0.2, 0) is 4.79 Å². The molecule has 0 bridgehead atoms. The second-order valence-electron chi connectivity index (χ2n) is 4.50. The molecule has 0 radical (unpaired) electrons. The number of benzene rings is 2. The number of aryl methyl sites for hydroxylation is 1. The maximum atomic E-state index is 11.5. The molecule has 0 spiro atoms. The van der Waals surface area contributed by atoms with Gasteiger partial charge in [-0.2, -0.15) is 0 Å². The number of fused-ring (bicyclic) bond motifs is 2. The van der Waals surface area contributed by atoms with Gasteiger partial charge in [0.2, 0.25) is 0 Å². The number of aliphatic carboxylic acids is 1. The third-order valence-electron chi connectivity index (χ3n) is 3.09. The predicted molar refractivity (Wildman–Crippen MR) is 73.2 cm³/mol. The molecule has 0 amide bonds. The van der Waals surface area contributed by atoms with Crippen molar-refractivity contribution >= 4 is 17.6 Å². The Hall–Kier alpha value is -2.55. The fraction of sp³-hybridized carbons (Fsp3) is 0.0625. The molecule has 19 heavy (non-hydrogen) atoms. The molecule has 0 unspecified atom stereocenters. The van der Waals surface area contributed by atoms with Crippen LogP contribution in [0.5, 0.6) is 11.5 Å². The van der Waals surface area contributed by atoms with Crippen LogP contribution < -0.4 is 4.74 Å². The summed E-state index contributed by atoms with van der Waals surface area (Å²) in [6.45, 7) is 1.93. The van der Waals surface area contributed by atoms with E-state index < -0.39 is 5.97 Å². The molecule has 0 saturated heterocycles. The Labute approximate surface area is 110 Å². The summed E-state index contributed by atoms with van der Waals surface area (Å²) in [6.07, 6.45) is 1.66. The van der Waals surface area contributed by atoms with Gasteiger partial charge in [0, 0.05) is 11.1 Å². The van der Waals surface area contributed by atoms with Gasteiger partial charge in [0.25, 0.3) is 0 Å². The molecule has 0 aromatic heterocycles. The summed E-state index contributed by atoms with van der Waals surface area (Å²) in [6, 6.07) is 13.0. The van der Waals surface area contributed by atoms with E-state index in [0.29, 0.717) is 17.1 Å². The first-order chi connectivity index (χ1) is 9.15. The molecule has 1 N–H and O–H groups in total. The number of rotatable bonds is 1. The van der Waals surface area contributed by atoms with Crippen molar-refractivity contribution in [2.75, 3.05) is 0 Å². The van der Waals surface area contributed by atoms with Crippen molar-refractivity contribution in [3.05, 3.63) is 59.2 Å². The number of carboxylic acid groups (broad SMARTS) is 1. The molecule has 3 nitrogen and oxygen atoms in total. The van der Waals surface area contributed by atoms with E-state index in [1.54, 1.807) is 6.08 Å². The van der Waals surface area contributed by atoms with Crippen LogP contribution in [0.15, 0.2) is 42.5 Å². The van der Waals surface area contributed by atoms with Crippen LogP contribution >= 0.6 is 0 Å². The van der Waals surface area contributed by atoms with Gasteiger partial charge in [0.05, 0.1) is 5.57 Å². The van der Waals surface area contributed by atoms with E-state index in [4.69, 9.17) is 4.74 Å². The summed E-state index contributed by atoms with van der Waals surface area (Å²) in [5.74, 6) is 0.292. The molecule has 0 atom stereocenters. The maximum absolute atomic E-state index is 11.5. The standard InChI is InChI=1S/C16H12O3/c1-10-6-7-15-12(8-10)13(16(17)18)9-11-4-2-3-5-14(11)19-15/h2-9H,1H3,(H,17,18). The molecule has 94 valence electrons. The molecule has 0 aliphatic carbocycles. The largest absolute Gasteiger partial charge is 0.478 e. The summed E-state index contributed by atoms with van der Waals surface area (Å²) >= 11 is 0. The zero-order chi connectivity index (χ0) is 13.4. The van der Waals surface area contributed by atoms with E-state index in [2.05, 4.69) is 0 Å². The first kappa shape index (κ1) is 11.5. The zero-order valence-electron chi connectivity index (χ0n) is 10.4. The van der Waals surface area contributed by atoms with Gasteiger partial charge < -0.3 is 9.84 Å². The van der Waals surface area contributed by atoms with Crippen LogP contribution in [0.1, 0.15) is 16.7 Å². The van der Waals surface area contributed by atoms with Crippen molar-refractivity contribution < 1.29 is 14.6 Å². The minimum absolute atomic E-state index is 0.253. The Balaban J connectivity index is 2.30. The lowest BCUT2D eigenvalue weighted by molar-refractivity contribution is -0.130. The highest BCUT2D eigenvalue weighted by Crippen LogP contribution is 2.38. The zero-order valence-corrected chi connectivity index (χ0v) is 10.4. The Morgan fingerprint density at radius 1 is 1.11 bits per heavy atom. The average Bonchev–Trinajstić information content (AvgIpc) is 2.55. The Kier molecular flexibility index (Phi) is 2.60. The smallest absolute Gasteiger partial charge is 0.336 e. The van der Waals surface area contributed by atoms with Gasteiger partial charge in [0.15, 0.2) is 0 Å². The van der Waals surface area contributed by atoms with Gasteiger partial charge in [-0.05, 0) is 31.2 Å². The van der Waals surface area contributed by atoms with Crippen LogP contribution in [-0.4, -0.2) is 11.1 Å². The van der Waals surface area contributed by atoms with E-state index in [-0.39, 0.29) is 5.57 Å². The quantitative estimate of drug-likeness (QED) is 0.841. The Morgan fingerprint density at radius 3 is 2.68 bits per heavy atom. The predicted octanol–water partition coefficient (Wildman–Crippen LogP) is 3.73. The molecule has 1 aliphatic heterocycles. The van der Waals surface area contributed by atoms with E-state index in [1.807, 2.05) is 49.4 Å². The van der Waals surface area contributed by atoms with Gasteiger partial charge in [-0.15, -0.1) is 0 Å². The third kappa shape index (κ3) is 1.99. The van der Waals surface area contributed by atoms with E-state index >= 15 is 0 Å². The summed E-state index contributed by atoms with van der Waals surface area (Å²) in [5.41, 5.74) is 2.64. The molecule has 2 aromatic carbocycles. The molecule has 2 aromatic rings. The lowest BCUT2D eigenvalue weighted by atomic mass is 10.0. The molecule has 0 saturated carbocycles. The topological polar surface area (TPSA) is 46.5 Å². The van der Waals surface area contributed by atoms with E-state index in [1.165, 1.54) is 0 Å². The van der Waals surface area contributed by atoms with Crippen LogP contribution in [0.4, 0.5) is 0 Å². The number of hydrogen-bond donors (Lipinski definition) is 1. The van der Waals surface area contributed by atoms with Crippen LogP contribution in [0.2, 0.25) is 0 Å². The molecular weight excluding hydrogens is 240 g/mol. The van der Waals surface area contributed by atoms with Gasteiger partial charge in [0.1, 0.15) is 11.5 Å². The fourth-order valence-corrected chi connectivity index (χ4v) is 2.16. The van der Waals surface area contributed by atoms with Crippen molar-refractivity contribution in [1.29, 1.82) is 0 Å². The second kappa shape index (κ2) is 4.28. The third-order valence-corrected chi connectivity index (χ3v) is 3.09. The summed E-state index contributed by atoms with van der Waals surface area (Å²) < 4.78 is 5.82. The van der Waals surface area contributed by atoms with Gasteiger partial charge >= 0.3 is 5.97 Å². The minimum atomic E-state index is -0.952. The van der Waals surface area contributed by atoms with Crippen molar-refractivity contribution in [3.8, 4) is 11.5 Å². The van der Waals surface area contributed by atoms with Crippen LogP contribution in [0.3, 0.4) is 0 Å². The first-order valence-corrected chi connectivity index (χ1v) is 5.98. The molecule has 1 aliphatic rings. The summed E-state index contributed by atoms with van der Waals surface area (Å²) in [5, 5.41) is 9.40. The van der Waals surface area contributed by atoms with Gasteiger partial charge in [-0.25, -0.2) is 4.79 Å². The monoisotopic (exact) mass is 252 g/mol. The Morgan fingerprint density at radius 2 is 1.89 bits per heavy atom. The minimum Gasteiger partial charge on any atom is -0.478 e. The Bertz CT molecular complexity index is 699. The average molecular weight is 252 g/mol. The lowest BCUT2D eigenvalue weighted by Crippen LogP contribution is -2.00. The van der Waals surface area contributed by atoms with Gasteiger partial charge in [-0.1, -0.05) is 29.8 Å². The molecular formula is C16H12O3. The fourth-order valence-electron chi connectivity index (χ4n) is 2.16. The van der Waals surface area contributed by atoms with E-state index in [0.717, 1.165) is 11.1 Å². The van der Waals surface area contributed by atoms with Crippen molar-refractivity contribution in [3.63, 3.8) is 0 Å². The number of ether oxygens (including phenoxy) is 1. The maximum Gasteiger partial charge on any atom is 0.336 e. The lowest BCUT2D eigenvalue weighted by Gasteiger charge is -2.10. The number of para-hydroxylation sites is 1. The SMILES string of the molecule is Cc1ccc2c(c1)C(C(=O)O)=Cc1ccccc1O2. The molecule has 1 heterocycles. The summed E-state index contributed by atoms with van der Waals surface area (Å²) in [4.78, 5) is 11.5. The number of hydrogen-bond acceptors (Lipinski definition) is 2. The van der Waals surface area contributed by atoms with Crippen molar-refractivity contribution in [2.45, 2.75) is 6.92 Å². The van der Waals surface area contributed by atoms with Gasteiger partial charge in [-0.3, -0.25) is 0 Å². The number of carboxylic acids is 1. The highest BCUT2D eigenvalue weighted by atomic mass is 16.5. The molecule has 0 fully saturated rings. The second-order valence-corrected chi connectivity index (χ2v) is 4.50. The normalized spacial score (nSPS) is 12.6.